The number of pyridine rings is 1. The van der Waals surface area contributed by atoms with Crippen molar-refractivity contribution in [2.24, 2.45) is 0 Å². The van der Waals surface area contributed by atoms with Crippen LogP contribution in [0.2, 0.25) is 0 Å². The van der Waals surface area contributed by atoms with Crippen molar-refractivity contribution in [3.63, 3.8) is 0 Å². The van der Waals surface area contributed by atoms with Crippen LogP contribution in [0.1, 0.15) is 18.4 Å². The zero-order chi connectivity index (χ0) is 26.0. The molecule has 2 aliphatic rings. The van der Waals surface area contributed by atoms with Gasteiger partial charge in [-0.2, -0.15) is 17.5 Å². The first-order valence-electron chi connectivity index (χ1n) is 10.7. The molecule has 4 heterocycles. The Kier molecular flexibility index (Phi) is 5.68. The third-order valence-electron chi connectivity index (χ3n) is 6.17. The number of hydrogen-bond donors (Lipinski definition) is 2. The van der Waals surface area contributed by atoms with E-state index in [1.54, 1.807) is 0 Å². The second kappa shape index (κ2) is 8.27. The van der Waals surface area contributed by atoms with E-state index < -0.39 is 63.9 Å². The predicted molar refractivity (Wildman–Crippen MR) is 113 cm³/mol. The number of aliphatic hydroxyl groups excluding tert-OH is 1. The first-order chi connectivity index (χ1) is 16.8. The Morgan fingerprint density at radius 1 is 1.17 bits per heavy atom. The van der Waals surface area contributed by atoms with Crippen LogP contribution in [0, 0.1) is 5.82 Å². The summed E-state index contributed by atoms with van der Waals surface area (Å²) in [5, 5.41) is 15.6. The van der Waals surface area contributed by atoms with E-state index in [4.69, 9.17) is 0 Å². The molecule has 1 aliphatic heterocycles. The summed E-state index contributed by atoms with van der Waals surface area (Å²) in [6.45, 7) is -0.529. The van der Waals surface area contributed by atoms with Crippen LogP contribution < -0.4 is 5.32 Å². The molecule has 3 aromatic heterocycles. The maximum absolute atomic E-state index is 14.4. The SMILES string of the molecule is O=S(=O)(C1CC1(F)F)N1CC[C@@H](Nc2ncc3c(F)cc(-c4ccc(C(F)(F)F)cn4)n3n2)[C@H](O)C1. The van der Waals surface area contributed by atoms with Crippen molar-refractivity contribution < 1.29 is 39.9 Å². The number of β-amino-alcohol motifs (C(OH)–C–C–N with tert-alkyl or cyclic N) is 1. The summed E-state index contributed by atoms with van der Waals surface area (Å²) >= 11 is 0. The van der Waals surface area contributed by atoms with Crippen LogP contribution in [0.25, 0.3) is 16.9 Å². The molecule has 0 aromatic carbocycles. The molecule has 0 amide bonds. The van der Waals surface area contributed by atoms with Crippen LogP contribution in [0.15, 0.2) is 30.6 Å². The van der Waals surface area contributed by atoms with Crippen molar-refractivity contribution in [1.29, 1.82) is 0 Å². The minimum atomic E-state index is -4.59. The number of halogens is 6. The average molecular weight is 536 g/mol. The van der Waals surface area contributed by atoms with Crippen molar-refractivity contribution >= 4 is 21.5 Å². The van der Waals surface area contributed by atoms with Crippen LogP contribution in [-0.2, 0) is 16.2 Å². The molecule has 0 spiro atoms. The lowest BCUT2D eigenvalue weighted by atomic mass is 10.0. The van der Waals surface area contributed by atoms with E-state index in [2.05, 4.69) is 20.4 Å². The second-order valence-electron chi connectivity index (χ2n) is 8.65. The Hall–Kier alpha value is -2.98. The molecule has 36 heavy (non-hydrogen) atoms. The summed E-state index contributed by atoms with van der Waals surface area (Å²) in [5.41, 5.74) is -0.989. The van der Waals surface area contributed by atoms with Gasteiger partial charge in [0.05, 0.1) is 35.3 Å². The topological polar surface area (TPSA) is 113 Å². The van der Waals surface area contributed by atoms with Gasteiger partial charge in [-0.25, -0.2) is 31.1 Å². The van der Waals surface area contributed by atoms with Gasteiger partial charge in [-0.05, 0) is 18.6 Å². The van der Waals surface area contributed by atoms with Gasteiger partial charge >= 0.3 is 6.18 Å². The molecule has 16 heteroatoms. The van der Waals surface area contributed by atoms with Crippen LogP contribution >= 0.6 is 0 Å². The molecule has 1 saturated carbocycles. The van der Waals surface area contributed by atoms with Gasteiger partial charge in [-0.1, -0.05) is 0 Å². The number of hydrogen-bond acceptors (Lipinski definition) is 7. The van der Waals surface area contributed by atoms with Crippen molar-refractivity contribution in [2.75, 3.05) is 18.4 Å². The molecule has 1 unspecified atom stereocenters. The highest BCUT2D eigenvalue weighted by Gasteiger charge is 2.66. The van der Waals surface area contributed by atoms with E-state index >= 15 is 0 Å². The number of nitrogens with one attached hydrogen (secondary N) is 1. The fourth-order valence-corrected chi connectivity index (χ4v) is 6.02. The summed E-state index contributed by atoms with van der Waals surface area (Å²) in [6, 6.07) is 2.16. The molecule has 0 radical (unpaired) electrons. The predicted octanol–water partition coefficient (Wildman–Crippen LogP) is 2.53. The zero-order valence-corrected chi connectivity index (χ0v) is 18.9. The number of alkyl halides is 5. The molecule has 194 valence electrons. The van der Waals surface area contributed by atoms with Crippen LogP contribution in [0.3, 0.4) is 0 Å². The largest absolute Gasteiger partial charge is 0.417 e. The zero-order valence-electron chi connectivity index (χ0n) is 18.1. The minimum Gasteiger partial charge on any atom is -0.390 e. The van der Waals surface area contributed by atoms with Gasteiger partial charge in [0, 0.05) is 31.8 Å². The van der Waals surface area contributed by atoms with Crippen LogP contribution in [-0.4, -0.2) is 73.8 Å². The number of sulfonamides is 1. The number of rotatable bonds is 5. The highest BCUT2D eigenvalue weighted by molar-refractivity contribution is 7.90. The standard InChI is InChI=1S/C20H18F6N6O3S/c21-11-5-14(12-2-1-10(7-27-12)20(24,25)26)32-15(11)8-28-18(30-32)29-13-3-4-31(9-16(13)33)36(34,35)17-6-19(17,22)23/h1-2,5,7-8,13,16-17,33H,3-4,6,9H2,(H,29,30)/t13-,16-,17?/m1/s1. The van der Waals surface area contributed by atoms with E-state index in [0.29, 0.717) is 6.20 Å². The fraction of sp³-hybridized carbons (Fsp3) is 0.450. The highest BCUT2D eigenvalue weighted by Crippen LogP contribution is 2.48. The smallest absolute Gasteiger partial charge is 0.390 e. The van der Waals surface area contributed by atoms with E-state index in [1.165, 1.54) is 0 Å². The van der Waals surface area contributed by atoms with E-state index in [-0.39, 0.29) is 35.8 Å². The number of nitrogens with zero attached hydrogens (tertiary/aromatic N) is 5. The van der Waals surface area contributed by atoms with Crippen LogP contribution in [0.4, 0.5) is 32.3 Å². The van der Waals surface area contributed by atoms with Gasteiger partial charge in [0.1, 0.15) is 10.8 Å². The number of fused-ring (bicyclic) bond motifs is 1. The summed E-state index contributed by atoms with van der Waals surface area (Å²) in [6.07, 6.45) is -4.83. The lowest BCUT2D eigenvalue weighted by Crippen LogP contribution is -2.52. The lowest BCUT2D eigenvalue weighted by molar-refractivity contribution is -0.137. The molecule has 3 aromatic rings. The summed E-state index contributed by atoms with van der Waals surface area (Å²) in [7, 11) is -4.26. The Morgan fingerprint density at radius 2 is 1.89 bits per heavy atom. The van der Waals surface area contributed by atoms with Gasteiger partial charge in [-0.15, -0.1) is 5.10 Å². The highest BCUT2D eigenvalue weighted by atomic mass is 32.2. The number of aliphatic hydroxyl groups is 1. The summed E-state index contributed by atoms with van der Waals surface area (Å²) in [5.74, 6) is -4.10. The lowest BCUT2D eigenvalue weighted by Gasteiger charge is -2.35. The van der Waals surface area contributed by atoms with E-state index in [1.807, 2.05) is 0 Å². The van der Waals surface area contributed by atoms with Gasteiger partial charge in [0.2, 0.25) is 16.0 Å². The quantitative estimate of drug-likeness (QED) is 0.482. The molecule has 1 aliphatic carbocycles. The van der Waals surface area contributed by atoms with Gasteiger partial charge < -0.3 is 10.4 Å². The molecule has 3 atom stereocenters. The number of aromatic nitrogens is 4. The van der Waals surface area contributed by atoms with Crippen molar-refractivity contribution in [1.82, 2.24) is 23.9 Å². The Labute approximate surface area is 199 Å². The Balaban J connectivity index is 1.35. The molecule has 1 saturated heterocycles. The molecule has 9 nitrogen and oxygen atoms in total. The summed E-state index contributed by atoms with van der Waals surface area (Å²) in [4.78, 5) is 7.73. The Morgan fingerprint density at radius 3 is 2.47 bits per heavy atom. The Bertz CT molecular complexity index is 1410. The summed E-state index contributed by atoms with van der Waals surface area (Å²) < 4.78 is 106. The normalized spacial score (nSPS) is 24.7. The third kappa shape index (κ3) is 4.37. The maximum Gasteiger partial charge on any atom is 0.417 e. The van der Waals surface area contributed by atoms with Crippen LogP contribution in [0.5, 0.6) is 0 Å². The second-order valence-corrected chi connectivity index (χ2v) is 10.8. The monoisotopic (exact) mass is 536 g/mol. The maximum atomic E-state index is 14.4. The van der Waals surface area contributed by atoms with Gasteiger partial charge in [0.15, 0.2) is 5.82 Å². The molecule has 0 bridgehead atoms. The number of piperidine rings is 1. The first kappa shape index (κ1) is 24.7. The molecule has 2 fully saturated rings. The molecule has 2 N–H and O–H groups in total. The van der Waals surface area contributed by atoms with E-state index in [0.717, 1.165) is 33.2 Å². The third-order valence-corrected chi connectivity index (χ3v) is 8.45. The molecular formula is C20H18F6N6O3S. The molecule has 5 rings (SSSR count). The average Bonchev–Trinajstić information content (AvgIpc) is 3.35. The van der Waals surface area contributed by atoms with E-state index in [9.17, 15) is 39.9 Å². The number of anilines is 1. The van der Waals surface area contributed by atoms with Gasteiger partial charge in [0.25, 0.3) is 5.92 Å². The molecular weight excluding hydrogens is 518 g/mol. The fourth-order valence-electron chi connectivity index (χ4n) is 4.07. The van der Waals surface area contributed by atoms with Crippen molar-refractivity contribution in [2.45, 2.75) is 42.3 Å². The van der Waals surface area contributed by atoms with Gasteiger partial charge in [-0.3, -0.25) is 4.98 Å². The first-order valence-corrected chi connectivity index (χ1v) is 12.2. The van der Waals surface area contributed by atoms with Crippen molar-refractivity contribution in [3.8, 4) is 11.4 Å². The van der Waals surface area contributed by atoms with Crippen molar-refractivity contribution in [3.05, 3.63) is 42.0 Å². The minimum absolute atomic E-state index is 0.0157.